The van der Waals surface area contributed by atoms with Crippen LogP contribution in [0.15, 0.2) is 48.5 Å². The number of hydrogen-bond donors (Lipinski definition) is 1. The van der Waals surface area contributed by atoms with Crippen LogP contribution in [0.2, 0.25) is 0 Å². The van der Waals surface area contributed by atoms with E-state index in [0.717, 1.165) is 24.8 Å². The number of rotatable bonds is 4. The predicted octanol–water partition coefficient (Wildman–Crippen LogP) is 3.18. The summed E-state index contributed by atoms with van der Waals surface area (Å²) in [7, 11) is 0. The van der Waals surface area contributed by atoms with Gasteiger partial charge in [-0.25, -0.2) is 9.18 Å². The molecule has 1 amide bonds. The van der Waals surface area contributed by atoms with E-state index in [1.807, 2.05) is 18.2 Å². The van der Waals surface area contributed by atoms with E-state index < -0.39 is 18.4 Å². The molecule has 24 heavy (non-hydrogen) atoms. The summed E-state index contributed by atoms with van der Waals surface area (Å²) in [5.74, 6) is -1.89. The van der Waals surface area contributed by atoms with Crippen molar-refractivity contribution >= 4 is 11.9 Å². The third-order valence-corrected chi connectivity index (χ3v) is 4.13. The third kappa shape index (κ3) is 3.62. The van der Waals surface area contributed by atoms with E-state index >= 15 is 0 Å². The molecule has 3 rings (SSSR count). The van der Waals surface area contributed by atoms with Crippen LogP contribution in [0.25, 0.3) is 0 Å². The van der Waals surface area contributed by atoms with E-state index in [-0.39, 0.29) is 17.5 Å². The molecule has 0 heterocycles. The van der Waals surface area contributed by atoms with Crippen molar-refractivity contribution in [1.82, 2.24) is 5.32 Å². The van der Waals surface area contributed by atoms with Crippen LogP contribution in [0.5, 0.6) is 0 Å². The van der Waals surface area contributed by atoms with Gasteiger partial charge in [0.25, 0.3) is 5.91 Å². The van der Waals surface area contributed by atoms with E-state index in [1.165, 1.54) is 23.8 Å². The van der Waals surface area contributed by atoms with E-state index in [9.17, 15) is 14.0 Å². The maximum Gasteiger partial charge on any atom is 0.341 e. The molecule has 1 aliphatic carbocycles. The fourth-order valence-corrected chi connectivity index (χ4v) is 2.98. The summed E-state index contributed by atoms with van der Waals surface area (Å²) in [5.41, 5.74) is 2.17. The smallest absolute Gasteiger partial charge is 0.341 e. The third-order valence-electron chi connectivity index (χ3n) is 4.13. The van der Waals surface area contributed by atoms with Crippen molar-refractivity contribution in [2.75, 3.05) is 6.61 Å². The fraction of sp³-hybridized carbons (Fsp3) is 0.263. The lowest BCUT2D eigenvalue weighted by atomic mass is 9.88. The summed E-state index contributed by atoms with van der Waals surface area (Å²) in [4.78, 5) is 23.9. The summed E-state index contributed by atoms with van der Waals surface area (Å²) < 4.78 is 18.4. The molecule has 0 saturated carbocycles. The highest BCUT2D eigenvalue weighted by Crippen LogP contribution is 2.29. The van der Waals surface area contributed by atoms with Crippen LogP contribution in [-0.2, 0) is 16.0 Å². The molecule has 2 aromatic rings. The van der Waals surface area contributed by atoms with Crippen LogP contribution >= 0.6 is 0 Å². The van der Waals surface area contributed by atoms with Crippen molar-refractivity contribution in [3.8, 4) is 0 Å². The molecule has 0 fully saturated rings. The molecule has 1 N–H and O–H groups in total. The number of amides is 1. The van der Waals surface area contributed by atoms with E-state index in [2.05, 4.69) is 11.4 Å². The summed E-state index contributed by atoms with van der Waals surface area (Å²) in [6, 6.07) is 13.5. The summed E-state index contributed by atoms with van der Waals surface area (Å²) in [6.45, 7) is -0.425. The van der Waals surface area contributed by atoms with Crippen LogP contribution in [0, 0.1) is 5.82 Å². The van der Waals surface area contributed by atoms with Gasteiger partial charge in [0.15, 0.2) is 6.61 Å². The Morgan fingerprint density at radius 1 is 1.12 bits per heavy atom. The minimum Gasteiger partial charge on any atom is -0.452 e. The molecule has 0 radical (unpaired) electrons. The maximum atomic E-state index is 13.5. The normalized spacial score (nSPS) is 16.1. The maximum absolute atomic E-state index is 13.5. The number of hydrogen-bond acceptors (Lipinski definition) is 3. The standard InChI is InChI=1S/C19H18FNO3/c20-16-10-4-3-9-15(16)19(23)24-12-18(22)21-17-11-5-7-13-6-1-2-8-14(13)17/h1-4,6,8-10,17H,5,7,11-12H2,(H,21,22). The molecule has 1 atom stereocenters. The number of halogens is 1. The quantitative estimate of drug-likeness (QED) is 0.878. The average Bonchev–Trinajstić information content (AvgIpc) is 2.60. The lowest BCUT2D eigenvalue weighted by Gasteiger charge is -2.26. The summed E-state index contributed by atoms with van der Waals surface area (Å²) >= 11 is 0. The van der Waals surface area contributed by atoms with Crippen LogP contribution in [0.4, 0.5) is 4.39 Å². The number of nitrogens with one attached hydrogen (secondary N) is 1. The molecule has 0 bridgehead atoms. The largest absolute Gasteiger partial charge is 0.452 e. The van der Waals surface area contributed by atoms with E-state index in [0.29, 0.717) is 0 Å². The predicted molar refractivity (Wildman–Crippen MR) is 86.9 cm³/mol. The molecule has 1 unspecified atom stereocenters. The Bertz CT molecular complexity index is 760. The zero-order chi connectivity index (χ0) is 16.9. The molecular weight excluding hydrogens is 309 g/mol. The highest BCUT2D eigenvalue weighted by atomic mass is 19.1. The minimum atomic E-state index is -0.840. The Hall–Kier alpha value is -2.69. The van der Waals surface area contributed by atoms with Crippen molar-refractivity contribution in [1.29, 1.82) is 0 Å². The molecule has 5 heteroatoms. The van der Waals surface area contributed by atoms with Gasteiger partial charge in [0.1, 0.15) is 5.82 Å². The molecule has 0 aliphatic heterocycles. The second-order valence-corrected chi connectivity index (χ2v) is 5.77. The number of ether oxygens (including phenoxy) is 1. The fourth-order valence-electron chi connectivity index (χ4n) is 2.98. The van der Waals surface area contributed by atoms with Gasteiger partial charge in [0, 0.05) is 0 Å². The Kier molecular flexibility index (Phi) is 4.89. The van der Waals surface area contributed by atoms with Gasteiger partial charge >= 0.3 is 5.97 Å². The van der Waals surface area contributed by atoms with Crippen molar-refractivity contribution in [2.45, 2.75) is 25.3 Å². The Morgan fingerprint density at radius 3 is 2.71 bits per heavy atom. The number of carbonyl (C=O) groups is 2. The molecule has 124 valence electrons. The number of fused-ring (bicyclic) bond motifs is 1. The number of aryl methyl sites for hydroxylation is 1. The lowest BCUT2D eigenvalue weighted by Crippen LogP contribution is -2.34. The zero-order valence-electron chi connectivity index (χ0n) is 13.1. The molecule has 0 saturated heterocycles. The number of carbonyl (C=O) groups excluding carboxylic acids is 2. The Balaban J connectivity index is 1.57. The van der Waals surface area contributed by atoms with Crippen LogP contribution in [-0.4, -0.2) is 18.5 Å². The van der Waals surface area contributed by atoms with Crippen LogP contribution in [0.3, 0.4) is 0 Å². The first kappa shape index (κ1) is 16.2. The second-order valence-electron chi connectivity index (χ2n) is 5.77. The van der Waals surface area contributed by atoms with Crippen molar-refractivity contribution < 1.29 is 18.7 Å². The van der Waals surface area contributed by atoms with Gasteiger partial charge < -0.3 is 10.1 Å². The Morgan fingerprint density at radius 2 is 1.88 bits per heavy atom. The molecule has 2 aromatic carbocycles. The van der Waals surface area contributed by atoms with Gasteiger partial charge in [-0.15, -0.1) is 0 Å². The SMILES string of the molecule is O=C(COC(=O)c1ccccc1F)NC1CCCc2ccccc21. The van der Waals surface area contributed by atoms with Crippen molar-refractivity contribution in [2.24, 2.45) is 0 Å². The molecular formula is C19H18FNO3. The van der Waals surface area contributed by atoms with Gasteiger partial charge in [-0.3, -0.25) is 4.79 Å². The summed E-state index contributed by atoms with van der Waals surface area (Å²) in [6.07, 6.45) is 2.85. The first-order chi connectivity index (χ1) is 11.6. The highest BCUT2D eigenvalue weighted by Gasteiger charge is 2.22. The molecule has 4 nitrogen and oxygen atoms in total. The molecule has 1 aliphatic rings. The zero-order valence-corrected chi connectivity index (χ0v) is 13.1. The number of esters is 1. The van der Waals surface area contributed by atoms with Gasteiger partial charge in [-0.1, -0.05) is 36.4 Å². The summed E-state index contributed by atoms with van der Waals surface area (Å²) in [5, 5.41) is 2.89. The molecule has 0 aromatic heterocycles. The first-order valence-electron chi connectivity index (χ1n) is 7.94. The van der Waals surface area contributed by atoms with Gasteiger partial charge in [-0.05, 0) is 42.5 Å². The van der Waals surface area contributed by atoms with Crippen molar-refractivity contribution in [3.63, 3.8) is 0 Å². The second kappa shape index (κ2) is 7.25. The highest BCUT2D eigenvalue weighted by molar-refractivity contribution is 5.91. The Labute approximate surface area is 139 Å². The van der Waals surface area contributed by atoms with Crippen molar-refractivity contribution in [3.05, 3.63) is 71.0 Å². The van der Waals surface area contributed by atoms with E-state index in [1.54, 1.807) is 6.07 Å². The lowest BCUT2D eigenvalue weighted by molar-refractivity contribution is -0.125. The molecule has 0 spiro atoms. The van der Waals surface area contributed by atoms with E-state index in [4.69, 9.17) is 4.74 Å². The average molecular weight is 327 g/mol. The van der Waals surface area contributed by atoms with Gasteiger partial charge in [0.2, 0.25) is 0 Å². The first-order valence-corrected chi connectivity index (χ1v) is 7.94. The van der Waals surface area contributed by atoms with Gasteiger partial charge in [-0.2, -0.15) is 0 Å². The van der Waals surface area contributed by atoms with Crippen LogP contribution in [0.1, 0.15) is 40.4 Å². The van der Waals surface area contributed by atoms with Gasteiger partial charge in [0.05, 0.1) is 11.6 Å². The monoisotopic (exact) mass is 327 g/mol. The van der Waals surface area contributed by atoms with Crippen LogP contribution < -0.4 is 5.32 Å². The minimum absolute atomic E-state index is 0.0744. The topological polar surface area (TPSA) is 55.4 Å². The number of benzene rings is 2.